The molecule has 0 fully saturated rings. The Bertz CT molecular complexity index is 624. The Morgan fingerprint density at radius 2 is 1.68 bits per heavy atom. The predicted octanol–water partition coefficient (Wildman–Crippen LogP) is 4.76. The van der Waals surface area contributed by atoms with E-state index in [0.29, 0.717) is 18.4 Å². The second-order valence-corrected chi connectivity index (χ2v) is 11.2. The number of rotatable bonds is 9. The molecule has 1 aromatic rings. The molecule has 0 saturated heterocycles. The van der Waals surface area contributed by atoms with Crippen LogP contribution in [0, 0.1) is 0 Å². The summed E-state index contributed by atoms with van der Waals surface area (Å²) >= 11 is 0. The van der Waals surface area contributed by atoms with Gasteiger partial charge in [0.2, 0.25) is 8.32 Å². The van der Waals surface area contributed by atoms with Crippen molar-refractivity contribution in [2.75, 3.05) is 0 Å². The molecule has 0 amide bonds. The number of carbonyl (C=O) groups is 2. The molecule has 0 spiro atoms. The van der Waals surface area contributed by atoms with Gasteiger partial charge in [0.1, 0.15) is 6.61 Å². The zero-order valence-corrected chi connectivity index (χ0v) is 16.5. The molecule has 25 heavy (non-hydrogen) atoms. The molecule has 136 valence electrons. The second-order valence-electron chi connectivity index (χ2n) is 6.49. The van der Waals surface area contributed by atoms with Gasteiger partial charge in [-0.05, 0) is 23.7 Å². The third-order valence-electron chi connectivity index (χ3n) is 5.09. The molecule has 0 aliphatic heterocycles. The van der Waals surface area contributed by atoms with E-state index >= 15 is 0 Å². The van der Waals surface area contributed by atoms with Crippen molar-refractivity contribution in [2.45, 2.75) is 64.8 Å². The molecule has 1 aliphatic carbocycles. The standard InChI is InChI=1S/C20H28O4Si/c1-4-25(5-2,6-3)24-19-13-12-18(21)17(19)14-20(22)23-15-16-10-8-7-9-11-16/h7-11H,4-6,12-15H2,1-3H3. The minimum atomic E-state index is -1.84. The van der Waals surface area contributed by atoms with E-state index in [0.717, 1.165) is 29.5 Å². The molecule has 0 heterocycles. The Hall–Kier alpha value is -1.88. The first kappa shape index (κ1) is 19.4. The number of hydrogen-bond donors (Lipinski definition) is 0. The van der Waals surface area contributed by atoms with E-state index < -0.39 is 8.32 Å². The molecule has 0 bridgehead atoms. The van der Waals surface area contributed by atoms with Crippen LogP contribution in [0.1, 0.15) is 45.6 Å². The highest BCUT2D eigenvalue weighted by molar-refractivity contribution is 6.73. The number of esters is 1. The molecule has 5 heteroatoms. The predicted molar refractivity (Wildman–Crippen MR) is 100 cm³/mol. The van der Waals surface area contributed by atoms with Crippen LogP contribution >= 0.6 is 0 Å². The minimum Gasteiger partial charge on any atom is -0.546 e. The van der Waals surface area contributed by atoms with E-state index in [4.69, 9.17) is 9.16 Å². The molecule has 0 atom stereocenters. The van der Waals surface area contributed by atoms with E-state index in [1.54, 1.807) is 0 Å². The summed E-state index contributed by atoms with van der Waals surface area (Å²) in [5, 5.41) is 0. The first-order valence-electron chi connectivity index (χ1n) is 9.17. The fourth-order valence-corrected chi connectivity index (χ4v) is 5.84. The summed E-state index contributed by atoms with van der Waals surface area (Å²) < 4.78 is 11.7. The normalized spacial score (nSPS) is 14.8. The van der Waals surface area contributed by atoms with Crippen LogP contribution in [-0.2, 0) is 25.4 Å². The number of carbonyl (C=O) groups excluding carboxylic acids is 2. The maximum absolute atomic E-state index is 12.2. The molecule has 4 nitrogen and oxygen atoms in total. The van der Waals surface area contributed by atoms with Crippen molar-refractivity contribution in [2.24, 2.45) is 0 Å². The highest BCUT2D eigenvalue weighted by atomic mass is 28.4. The highest BCUT2D eigenvalue weighted by Gasteiger charge is 2.35. The number of Topliss-reactive ketones (excluding diaryl/α,β-unsaturated/α-hetero) is 1. The lowest BCUT2D eigenvalue weighted by Gasteiger charge is -2.30. The topological polar surface area (TPSA) is 52.6 Å². The number of allylic oxidation sites excluding steroid dienone is 1. The van der Waals surface area contributed by atoms with Gasteiger partial charge < -0.3 is 9.16 Å². The summed E-state index contributed by atoms with van der Waals surface area (Å²) in [4.78, 5) is 24.4. The van der Waals surface area contributed by atoms with E-state index in [9.17, 15) is 9.59 Å². The summed E-state index contributed by atoms with van der Waals surface area (Å²) in [7, 11) is -1.84. The Kier molecular flexibility index (Phi) is 6.99. The Morgan fingerprint density at radius 1 is 1.04 bits per heavy atom. The third-order valence-corrected chi connectivity index (χ3v) is 9.63. The van der Waals surface area contributed by atoms with Gasteiger partial charge in [-0.3, -0.25) is 9.59 Å². The quantitative estimate of drug-likeness (QED) is 0.471. The zero-order chi connectivity index (χ0) is 18.3. The van der Waals surface area contributed by atoms with Gasteiger partial charge in [-0.25, -0.2) is 0 Å². The van der Waals surface area contributed by atoms with Gasteiger partial charge in [-0.1, -0.05) is 51.1 Å². The molecule has 0 saturated carbocycles. The van der Waals surface area contributed by atoms with Crippen LogP contribution in [0.5, 0.6) is 0 Å². The fourth-order valence-electron chi connectivity index (χ4n) is 3.16. The largest absolute Gasteiger partial charge is 0.546 e. The summed E-state index contributed by atoms with van der Waals surface area (Å²) in [6.07, 6.45) is 1.08. The number of ether oxygens (including phenoxy) is 1. The van der Waals surface area contributed by atoms with Crippen LogP contribution in [0.4, 0.5) is 0 Å². The van der Waals surface area contributed by atoms with E-state index in [-0.39, 0.29) is 24.8 Å². The summed E-state index contributed by atoms with van der Waals surface area (Å²) in [5.41, 5.74) is 1.47. The van der Waals surface area contributed by atoms with Crippen molar-refractivity contribution in [3.63, 3.8) is 0 Å². The molecule has 1 aromatic carbocycles. The van der Waals surface area contributed by atoms with Crippen molar-refractivity contribution >= 4 is 20.1 Å². The first-order chi connectivity index (χ1) is 12.0. The van der Waals surface area contributed by atoms with Gasteiger partial charge in [-0.2, -0.15) is 0 Å². The highest BCUT2D eigenvalue weighted by Crippen LogP contribution is 2.33. The summed E-state index contributed by atoms with van der Waals surface area (Å²) in [6.45, 7) is 6.70. The van der Waals surface area contributed by atoms with Gasteiger partial charge in [0.05, 0.1) is 12.2 Å². The van der Waals surface area contributed by atoms with Crippen LogP contribution in [0.15, 0.2) is 41.7 Å². The van der Waals surface area contributed by atoms with Gasteiger partial charge in [0.15, 0.2) is 5.78 Å². The number of benzene rings is 1. The van der Waals surface area contributed by atoms with Crippen LogP contribution in [0.3, 0.4) is 0 Å². The summed E-state index contributed by atoms with van der Waals surface area (Å²) in [5.74, 6) is 0.406. The van der Waals surface area contributed by atoms with Crippen molar-refractivity contribution in [1.29, 1.82) is 0 Å². The number of ketones is 1. The fraction of sp³-hybridized carbons (Fsp3) is 0.500. The molecule has 0 aromatic heterocycles. The van der Waals surface area contributed by atoms with E-state index in [1.165, 1.54) is 0 Å². The Morgan fingerprint density at radius 3 is 2.28 bits per heavy atom. The SMILES string of the molecule is CC[Si](CC)(CC)OC1=C(CC(=O)OCc2ccccc2)C(=O)CC1. The molecular weight excluding hydrogens is 332 g/mol. The van der Waals surface area contributed by atoms with E-state index in [2.05, 4.69) is 20.8 Å². The van der Waals surface area contributed by atoms with Crippen LogP contribution in [0.2, 0.25) is 18.1 Å². The van der Waals surface area contributed by atoms with Crippen LogP contribution < -0.4 is 0 Å². The minimum absolute atomic E-state index is 0.0165. The lowest BCUT2D eigenvalue weighted by molar-refractivity contribution is -0.144. The zero-order valence-electron chi connectivity index (χ0n) is 15.5. The van der Waals surface area contributed by atoms with Crippen LogP contribution in [0.25, 0.3) is 0 Å². The average molecular weight is 361 g/mol. The van der Waals surface area contributed by atoms with Gasteiger partial charge in [0.25, 0.3) is 0 Å². The molecule has 0 unspecified atom stereocenters. The second kappa shape index (κ2) is 8.99. The van der Waals surface area contributed by atoms with Crippen molar-refractivity contribution in [3.05, 3.63) is 47.2 Å². The third kappa shape index (κ3) is 5.05. The van der Waals surface area contributed by atoms with Crippen molar-refractivity contribution in [1.82, 2.24) is 0 Å². The summed E-state index contributed by atoms with van der Waals surface area (Å²) in [6, 6.07) is 12.6. The molecule has 0 radical (unpaired) electrons. The van der Waals surface area contributed by atoms with Crippen molar-refractivity contribution < 1.29 is 18.8 Å². The van der Waals surface area contributed by atoms with E-state index in [1.807, 2.05) is 30.3 Å². The average Bonchev–Trinajstić information content (AvgIpc) is 2.98. The van der Waals surface area contributed by atoms with Gasteiger partial charge in [-0.15, -0.1) is 0 Å². The molecule has 2 rings (SSSR count). The Labute approximate surface area is 151 Å². The molecule has 1 aliphatic rings. The monoisotopic (exact) mass is 360 g/mol. The first-order valence-corrected chi connectivity index (χ1v) is 11.7. The maximum Gasteiger partial charge on any atom is 0.310 e. The Balaban J connectivity index is 2.03. The van der Waals surface area contributed by atoms with Crippen molar-refractivity contribution in [3.8, 4) is 0 Å². The molecule has 0 N–H and O–H groups in total. The van der Waals surface area contributed by atoms with Crippen LogP contribution in [-0.4, -0.2) is 20.1 Å². The lowest BCUT2D eigenvalue weighted by atomic mass is 10.1. The number of hydrogen-bond acceptors (Lipinski definition) is 4. The van der Waals surface area contributed by atoms with Gasteiger partial charge >= 0.3 is 5.97 Å². The maximum atomic E-state index is 12.2. The smallest absolute Gasteiger partial charge is 0.310 e. The lowest BCUT2D eigenvalue weighted by Crippen LogP contribution is -2.35. The molecular formula is C20H28O4Si. The van der Waals surface area contributed by atoms with Gasteiger partial charge in [0, 0.05) is 18.4 Å².